The minimum atomic E-state index is 0.877. The first kappa shape index (κ1) is 7.15. The molecule has 2 aliphatic carbocycles. The predicted molar refractivity (Wildman–Crippen MR) is 48.3 cm³/mol. The Labute approximate surface area is 69.0 Å². The fourth-order valence-corrected chi connectivity index (χ4v) is 2.33. The van der Waals surface area contributed by atoms with Crippen LogP contribution in [0.5, 0.6) is 0 Å². The fourth-order valence-electron chi connectivity index (χ4n) is 2.33. The summed E-state index contributed by atoms with van der Waals surface area (Å²) in [6.07, 6.45) is 16.3. The molecule has 2 rings (SSSR count). The summed E-state index contributed by atoms with van der Waals surface area (Å²) in [5.41, 5.74) is 0. The first-order valence-corrected chi connectivity index (χ1v) is 4.80. The van der Waals surface area contributed by atoms with Gasteiger partial charge in [0.2, 0.25) is 0 Å². The third kappa shape index (κ3) is 1.55. The van der Waals surface area contributed by atoms with E-state index in [4.69, 9.17) is 0 Å². The van der Waals surface area contributed by atoms with Crippen LogP contribution in [0.1, 0.15) is 32.1 Å². The van der Waals surface area contributed by atoms with Gasteiger partial charge in [0.05, 0.1) is 0 Å². The standard InChI is InChI=1S/C11H16/c1-2-6-10(7-3-1)11-8-4-5-9-11/h1-3,6,10-11H,4-5,7-9H2. The second-order valence-electron chi connectivity index (χ2n) is 3.76. The van der Waals surface area contributed by atoms with Gasteiger partial charge >= 0.3 is 0 Å². The first-order valence-electron chi connectivity index (χ1n) is 4.80. The summed E-state index contributed by atoms with van der Waals surface area (Å²) in [6, 6.07) is 0. The van der Waals surface area contributed by atoms with Crippen LogP contribution >= 0.6 is 0 Å². The van der Waals surface area contributed by atoms with E-state index >= 15 is 0 Å². The Morgan fingerprint density at radius 1 is 1.00 bits per heavy atom. The molecular weight excluding hydrogens is 132 g/mol. The summed E-state index contributed by atoms with van der Waals surface area (Å²) < 4.78 is 0. The van der Waals surface area contributed by atoms with Gasteiger partial charge in [-0.2, -0.15) is 0 Å². The second kappa shape index (κ2) is 3.25. The molecule has 1 fully saturated rings. The summed E-state index contributed by atoms with van der Waals surface area (Å²) in [4.78, 5) is 0. The minimum absolute atomic E-state index is 0.877. The van der Waals surface area contributed by atoms with Gasteiger partial charge in [-0.15, -0.1) is 0 Å². The van der Waals surface area contributed by atoms with Gasteiger partial charge in [-0.3, -0.25) is 0 Å². The fraction of sp³-hybridized carbons (Fsp3) is 0.636. The topological polar surface area (TPSA) is 0 Å². The van der Waals surface area contributed by atoms with E-state index in [-0.39, 0.29) is 0 Å². The average molecular weight is 148 g/mol. The van der Waals surface area contributed by atoms with E-state index in [1.165, 1.54) is 32.1 Å². The Bertz CT molecular complexity index is 170. The largest absolute Gasteiger partial charge is 0.0840 e. The lowest BCUT2D eigenvalue weighted by atomic mass is 9.86. The third-order valence-electron chi connectivity index (χ3n) is 3.02. The molecule has 11 heavy (non-hydrogen) atoms. The molecule has 0 aromatic rings. The van der Waals surface area contributed by atoms with Gasteiger partial charge in [0.15, 0.2) is 0 Å². The minimum Gasteiger partial charge on any atom is -0.0840 e. The van der Waals surface area contributed by atoms with E-state index in [1.807, 2.05) is 0 Å². The Morgan fingerprint density at radius 2 is 1.82 bits per heavy atom. The summed E-state index contributed by atoms with van der Waals surface area (Å²) in [6.45, 7) is 0. The van der Waals surface area contributed by atoms with Crippen LogP contribution in [0.15, 0.2) is 24.3 Å². The van der Waals surface area contributed by atoms with Crippen LogP contribution in [-0.2, 0) is 0 Å². The molecule has 2 aliphatic rings. The molecule has 1 unspecified atom stereocenters. The molecular formula is C11H16. The van der Waals surface area contributed by atoms with Gasteiger partial charge in [0, 0.05) is 0 Å². The molecule has 0 heteroatoms. The highest BCUT2D eigenvalue weighted by Crippen LogP contribution is 2.34. The third-order valence-corrected chi connectivity index (χ3v) is 3.02. The zero-order valence-electron chi connectivity index (χ0n) is 7.00. The molecule has 0 aliphatic heterocycles. The molecule has 1 saturated carbocycles. The van der Waals surface area contributed by atoms with Gasteiger partial charge in [-0.05, 0) is 31.1 Å². The Balaban J connectivity index is 1.94. The van der Waals surface area contributed by atoms with Crippen molar-refractivity contribution in [2.24, 2.45) is 11.8 Å². The van der Waals surface area contributed by atoms with Crippen molar-refractivity contribution in [3.05, 3.63) is 24.3 Å². The molecule has 0 spiro atoms. The van der Waals surface area contributed by atoms with Crippen molar-refractivity contribution in [3.8, 4) is 0 Å². The monoisotopic (exact) mass is 148 g/mol. The number of hydrogen-bond acceptors (Lipinski definition) is 0. The Hall–Kier alpha value is -0.520. The molecule has 0 heterocycles. The van der Waals surface area contributed by atoms with Gasteiger partial charge in [0.25, 0.3) is 0 Å². The van der Waals surface area contributed by atoms with Gasteiger partial charge in [-0.25, -0.2) is 0 Å². The lowest BCUT2D eigenvalue weighted by molar-refractivity contribution is 0.406. The maximum atomic E-state index is 2.40. The molecule has 1 atom stereocenters. The van der Waals surface area contributed by atoms with Crippen molar-refractivity contribution in [1.29, 1.82) is 0 Å². The van der Waals surface area contributed by atoms with Crippen LogP contribution in [0.2, 0.25) is 0 Å². The Morgan fingerprint density at radius 3 is 2.45 bits per heavy atom. The maximum Gasteiger partial charge on any atom is -0.0167 e. The lowest BCUT2D eigenvalue weighted by Gasteiger charge is -2.19. The molecule has 0 aromatic heterocycles. The zero-order chi connectivity index (χ0) is 7.52. The number of allylic oxidation sites excluding steroid dienone is 4. The van der Waals surface area contributed by atoms with Crippen molar-refractivity contribution in [1.82, 2.24) is 0 Å². The highest BCUT2D eigenvalue weighted by Gasteiger charge is 2.22. The summed E-state index contributed by atoms with van der Waals surface area (Å²) in [7, 11) is 0. The Kier molecular flexibility index (Phi) is 2.11. The number of rotatable bonds is 1. The molecule has 0 bridgehead atoms. The molecule has 0 amide bonds. The predicted octanol–water partition coefficient (Wildman–Crippen LogP) is 3.31. The molecule has 0 N–H and O–H groups in total. The van der Waals surface area contributed by atoms with Gasteiger partial charge < -0.3 is 0 Å². The normalized spacial score (nSPS) is 31.5. The van der Waals surface area contributed by atoms with Crippen molar-refractivity contribution in [2.45, 2.75) is 32.1 Å². The van der Waals surface area contributed by atoms with Crippen molar-refractivity contribution >= 4 is 0 Å². The molecule has 0 saturated heterocycles. The van der Waals surface area contributed by atoms with Crippen LogP contribution in [-0.4, -0.2) is 0 Å². The van der Waals surface area contributed by atoms with E-state index in [2.05, 4.69) is 24.3 Å². The molecule has 0 nitrogen and oxygen atoms in total. The van der Waals surface area contributed by atoms with Gasteiger partial charge in [0.1, 0.15) is 0 Å². The van der Waals surface area contributed by atoms with Crippen LogP contribution in [0.3, 0.4) is 0 Å². The lowest BCUT2D eigenvalue weighted by Crippen LogP contribution is -2.09. The summed E-state index contributed by atoms with van der Waals surface area (Å²) in [5.74, 6) is 1.89. The van der Waals surface area contributed by atoms with E-state index in [1.54, 1.807) is 0 Å². The van der Waals surface area contributed by atoms with Crippen molar-refractivity contribution < 1.29 is 0 Å². The van der Waals surface area contributed by atoms with Crippen LogP contribution in [0.4, 0.5) is 0 Å². The van der Waals surface area contributed by atoms with E-state index in [0.717, 1.165) is 11.8 Å². The van der Waals surface area contributed by atoms with Crippen molar-refractivity contribution in [3.63, 3.8) is 0 Å². The molecule has 0 aromatic carbocycles. The first-order chi connectivity index (χ1) is 5.47. The van der Waals surface area contributed by atoms with E-state index in [0.29, 0.717) is 0 Å². The molecule has 0 radical (unpaired) electrons. The van der Waals surface area contributed by atoms with Crippen molar-refractivity contribution in [2.75, 3.05) is 0 Å². The van der Waals surface area contributed by atoms with Crippen LogP contribution in [0.25, 0.3) is 0 Å². The summed E-state index contributed by atoms with van der Waals surface area (Å²) >= 11 is 0. The highest BCUT2D eigenvalue weighted by molar-refractivity contribution is 5.12. The van der Waals surface area contributed by atoms with E-state index < -0.39 is 0 Å². The zero-order valence-corrected chi connectivity index (χ0v) is 7.00. The number of hydrogen-bond donors (Lipinski definition) is 0. The second-order valence-corrected chi connectivity index (χ2v) is 3.76. The van der Waals surface area contributed by atoms with Gasteiger partial charge in [-0.1, -0.05) is 37.1 Å². The van der Waals surface area contributed by atoms with Crippen LogP contribution in [0, 0.1) is 11.8 Å². The average Bonchev–Trinajstić information content (AvgIpc) is 2.58. The summed E-state index contributed by atoms with van der Waals surface area (Å²) in [5, 5.41) is 0. The van der Waals surface area contributed by atoms with E-state index in [9.17, 15) is 0 Å². The highest BCUT2D eigenvalue weighted by atomic mass is 14.3. The molecule has 60 valence electrons. The smallest absolute Gasteiger partial charge is 0.0167 e. The SMILES string of the molecule is C1=CCC(C2CCCC2)C=C1. The van der Waals surface area contributed by atoms with Crippen LogP contribution < -0.4 is 0 Å². The maximum absolute atomic E-state index is 2.40. The quantitative estimate of drug-likeness (QED) is 0.535.